The SMILES string of the molecule is CCCCCCCCOc1ccc(C=Nc2ccc3oc(=O)ccc3c2)c(O)c1. The summed E-state index contributed by atoms with van der Waals surface area (Å²) in [5, 5.41) is 11.0. The van der Waals surface area contributed by atoms with Crippen molar-refractivity contribution in [3.8, 4) is 11.5 Å². The molecule has 3 aromatic rings. The smallest absolute Gasteiger partial charge is 0.336 e. The predicted octanol–water partition coefficient (Wildman–Crippen LogP) is 5.99. The summed E-state index contributed by atoms with van der Waals surface area (Å²) in [7, 11) is 0. The summed E-state index contributed by atoms with van der Waals surface area (Å²) in [6, 6.07) is 13.6. The number of fused-ring (bicyclic) bond motifs is 1. The first-order valence-electron chi connectivity index (χ1n) is 10.2. The maximum atomic E-state index is 11.2. The number of phenolic OH excluding ortho intramolecular Hbond substituents is 1. The zero-order valence-corrected chi connectivity index (χ0v) is 16.8. The summed E-state index contributed by atoms with van der Waals surface area (Å²) in [6.45, 7) is 2.87. The van der Waals surface area contributed by atoms with Crippen molar-refractivity contribution in [1.82, 2.24) is 0 Å². The molecule has 1 N–H and O–H groups in total. The van der Waals surface area contributed by atoms with E-state index in [1.54, 1.807) is 36.5 Å². The molecule has 0 aliphatic carbocycles. The van der Waals surface area contributed by atoms with E-state index >= 15 is 0 Å². The zero-order valence-electron chi connectivity index (χ0n) is 16.8. The van der Waals surface area contributed by atoms with E-state index in [0.717, 1.165) is 11.8 Å². The van der Waals surface area contributed by atoms with Gasteiger partial charge in [0, 0.05) is 29.3 Å². The molecule has 0 saturated carbocycles. The maximum Gasteiger partial charge on any atom is 0.336 e. The quantitative estimate of drug-likeness (QED) is 0.261. The van der Waals surface area contributed by atoms with Gasteiger partial charge in [0.15, 0.2) is 0 Å². The molecule has 0 spiro atoms. The second-order valence-electron chi connectivity index (χ2n) is 7.07. The standard InChI is InChI=1S/C24H27NO4/c1-2-3-4-5-6-7-14-28-21-11-8-19(22(26)16-21)17-25-20-10-12-23-18(15-20)9-13-24(27)29-23/h8-13,15-17,26H,2-7,14H2,1H3. The lowest BCUT2D eigenvalue weighted by Crippen LogP contribution is -1.97. The van der Waals surface area contributed by atoms with Crippen LogP contribution in [0.5, 0.6) is 11.5 Å². The van der Waals surface area contributed by atoms with Crippen molar-refractivity contribution < 1.29 is 14.3 Å². The molecule has 0 radical (unpaired) electrons. The van der Waals surface area contributed by atoms with Gasteiger partial charge in [-0.1, -0.05) is 39.0 Å². The normalized spacial score (nSPS) is 11.3. The fraction of sp³-hybridized carbons (Fsp3) is 0.333. The number of aromatic hydroxyl groups is 1. The summed E-state index contributed by atoms with van der Waals surface area (Å²) in [5.74, 6) is 0.787. The van der Waals surface area contributed by atoms with Crippen LogP contribution in [-0.2, 0) is 0 Å². The van der Waals surface area contributed by atoms with E-state index in [0.29, 0.717) is 29.2 Å². The highest BCUT2D eigenvalue weighted by Crippen LogP contribution is 2.24. The van der Waals surface area contributed by atoms with E-state index in [9.17, 15) is 9.90 Å². The second kappa shape index (κ2) is 10.5. The summed E-state index contributed by atoms with van der Waals surface area (Å²) in [6.07, 6.45) is 8.89. The third kappa shape index (κ3) is 6.21. The molecule has 0 fully saturated rings. The molecule has 2 aromatic carbocycles. The van der Waals surface area contributed by atoms with Crippen LogP contribution in [0.4, 0.5) is 5.69 Å². The van der Waals surface area contributed by atoms with E-state index in [1.165, 1.54) is 38.2 Å². The molecule has 0 atom stereocenters. The van der Waals surface area contributed by atoms with Crippen molar-refractivity contribution in [2.24, 2.45) is 4.99 Å². The Labute approximate surface area is 170 Å². The van der Waals surface area contributed by atoms with Gasteiger partial charge in [-0.2, -0.15) is 0 Å². The Morgan fingerprint density at radius 3 is 2.66 bits per heavy atom. The van der Waals surface area contributed by atoms with Crippen LogP contribution in [-0.4, -0.2) is 17.9 Å². The molecule has 0 aliphatic rings. The first-order chi connectivity index (χ1) is 14.2. The lowest BCUT2D eigenvalue weighted by atomic mass is 10.1. The molecule has 1 aromatic heterocycles. The number of aliphatic imine (C=N–C) groups is 1. The summed E-state index contributed by atoms with van der Waals surface area (Å²) < 4.78 is 10.8. The fourth-order valence-electron chi connectivity index (χ4n) is 3.08. The van der Waals surface area contributed by atoms with Crippen LogP contribution in [0, 0.1) is 0 Å². The molecule has 29 heavy (non-hydrogen) atoms. The predicted molar refractivity (Wildman–Crippen MR) is 117 cm³/mol. The van der Waals surface area contributed by atoms with Gasteiger partial charge in [-0.15, -0.1) is 0 Å². The molecule has 0 saturated heterocycles. The Hall–Kier alpha value is -3.08. The zero-order chi connectivity index (χ0) is 20.5. The van der Waals surface area contributed by atoms with Crippen molar-refractivity contribution in [3.05, 3.63) is 64.5 Å². The van der Waals surface area contributed by atoms with Gasteiger partial charge >= 0.3 is 5.63 Å². The van der Waals surface area contributed by atoms with E-state index < -0.39 is 0 Å². The van der Waals surface area contributed by atoms with Crippen molar-refractivity contribution in [3.63, 3.8) is 0 Å². The molecule has 5 nitrogen and oxygen atoms in total. The van der Waals surface area contributed by atoms with Crippen LogP contribution in [0.1, 0.15) is 51.0 Å². The van der Waals surface area contributed by atoms with Crippen molar-refractivity contribution in [2.75, 3.05) is 6.61 Å². The number of nitrogens with zero attached hydrogens (tertiary/aromatic N) is 1. The topological polar surface area (TPSA) is 72.0 Å². The Morgan fingerprint density at radius 2 is 1.83 bits per heavy atom. The molecular formula is C24H27NO4. The van der Waals surface area contributed by atoms with Gasteiger partial charge in [-0.25, -0.2) is 4.79 Å². The van der Waals surface area contributed by atoms with Crippen LogP contribution in [0.25, 0.3) is 11.0 Å². The van der Waals surface area contributed by atoms with Crippen molar-refractivity contribution in [1.29, 1.82) is 0 Å². The molecule has 0 amide bonds. The Kier molecular flexibility index (Phi) is 7.45. The number of benzene rings is 2. The Bertz CT molecular complexity index is 1020. The molecule has 1 heterocycles. The average molecular weight is 393 g/mol. The number of hydrogen-bond acceptors (Lipinski definition) is 5. The van der Waals surface area contributed by atoms with Gasteiger partial charge in [0.2, 0.25) is 0 Å². The molecule has 152 valence electrons. The van der Waals surface area contributed by atoms with Gasteiger partial charge in [0.1, 0.15) is 17.1 Å². The minimum absolute atomic E-state index is 0.126. The third-order valence-corrected chi connectivity index (χ3v) is 4.72. The van der Waals surface area contributed by atoms with Crippen LogP contribution in [0.15, 0.2) is 62.7 Å². The van der Waals surface area contributed by atoms with Gasteiger partial charge < -0.3 is 14.3 Å². The van der Waals surface area contributed by atoms with Gasteiger partial charge in [0.25, 0.3) is 0 Å². The Morgan fingerprint density at radius 1 is 1.00 bits per heavy atom. The third-order valence-electron chi connectivity index (χ3n) is 4.72. The number of hydrogen-bond donors (Lipinski definition) is 1. The first-order valence-corrected chi connectivity index (χ1v) is 10.2. The largest absolute Gasteiger partial charge is 0.507 e. The highest BCUT2D eigenvalue weighted by Gasteiger charge is 2.03. The summed E-state index contributed by atoms with van der Waals surface area (Å²) in [5.41, 5.74) is 1.45. The van der Waals surface area contributed by atoms with Crippen LogP contribution < -0.4 is 10.4 Å². The number of ether oxygens (including phenoxy) is 1. The average Bonchev–Trinajstić information content (AvgIpc) is 2.72. The maximum absolute atomic E-state index is 11.2. The van der Waals surface area contributed by atoms with Gasteiger partial charge in [-0.05, 0) is 42.8 Å². The molecule has 0 unspecified atom stereocenters. The molecular weight excluding hydrogens is 366 g/mol. The highest BCUT2D eigenvalue weighted by atomic mass is 16.5. The number of rotatable bonds is 10. The Balaban J connectivity index is 1.56. The summed E-state index contributed by atoms with van der Waals surface area (Å²) in [4.78, 5) is 15.7. The van der Waals surface area contributed by atoms with Gasteiger partial charge in [-0.3, -0.25) is 4.99 Å². The lowest BCUT2D eigenvalue weighted by Gasteiger charge is -2.08. The molecule has 5 heteroatoms. The van der Waals surface area contributed by atoms with Gasteiger partial charge in [0.05, 0.1) is 12.3 Å². The number of unbranched alkanes of at least 4 members (excludes halogenated alkanes) is 5. The van der Waals surface area contributed by atoms with Crippen molar-refractivity contribution >= 4 is 22.9 Å². The molecule has 0 bridgehead atoms. The molecule has 0 aliphatic heterocycles. The van der Waals surface area contributed by atoms with Crippen molar-refractivity contribution in [2.45, 2.75) is 45.4 Å². The fourth-order valence-corrected chi connectivity index (χ4v) is 3.08. The highest BCUT2D eigenvalue weighted by molar-refractivity contribution is 5.87. The van der Waals surface area contributed by atoms with E-state index in [1.807, 2.05) is 12.1 Å². The van der Waals surface area contributed by atoms with Crippen LogP contribution in [0.2, 0.25) is 0 Å². The molecule has 3 rings (SSSR count). The summed E-state index contributed by atoms with van der Waals surface area (Å²) >= 11 is 0. The monoisotopic (exact) mass is 393 g/mol. The van der Waals surface area contributed by atoms with Crippen LogP contribution in [0.3, 0.4) is 0 Å². The minimum Gasteiger partial charge on any atom is -0.507 e. The van der Waals surface area contributed by atoms with E-state index in [2.05, 4.69) is 11.9 Å². The van der Waals surface area contributed by atoms with E-state index in [4.69, 9.17) is 9.15 Å². The first kappa shape index (κ1) is 20.6. The number of phenols is 1. The van der Waals surface area contributed by atoms with Crippen LogP contribution >= 0.6 is 0 Å². The van der Waals surface area contributed by atoms with E-state index in [-0.39, 0.29) is 11.4 Å². The lowest BCUT2D eigenvalue weighted by molar-refractivity contribution is 0.302. The second-order valence-corrected chi connectivity index (χ2v) is 7.07. The minimum atomic E-state index is -0.377.